The summed E-state index contributed by atoms with van der Waals surface area (Å²) in [4.78, 5) is 14.8. The van der Waals surface area contributed by atoms with Crippen LogP contribution < -0.4 is 5.73 Å². The number of terminal acetylenes is 1. The van der Waals surface area contributed by atoms with E-state index in [1.165, 1.54) is 36.9 Å². The molecule has 0 saturated carbocycles. The summed E-state index contributed by atoms with van der Waals surface area (Å²) in [5.74, 6) is 3.65. The number of carbonyl (C=O) groups excluding carboxylic acids is 1. The molecule has 7 heteroatoms. The molecule has 0 radical (unpaired) electrons. The average Bonchev–Trinajstić information content (AvgIpc) is 3.02. The van der Waals surface area contributed by atoms with Crippen LogP contribution in [0.3, 0.4) is 0 Å². The number of hydrogen-bond acceptors (Lipinski definition) is 4. The fourth-order valence-electron chi connectivity index (χ4n) is 2.98. The van der Waals surface area contributed by atoms with Gasteiger partial charge in [-0.05, 0) is 69.0 Å². The van der Waals surface area contributed by atoms with E-state index in [9.17, 15) is 9.18 Å². The number of amidine groups is 1. The Morgan fingerprint density at radius 3 is 1.95 bits per heavy atom. The van der Waals surface area contributed by atoms with E-state index in [2.05, 4.69) is 52.1 Å². The largest absolute Gasteiger partial charge is 0.333 e. The minimum atomic E-state index is -0.423. The van der Waals surface area contributed by atoms with E-state index < -0.39 is 5.91 Å². The molecule has 0 aliphatic carbocycles. The minimum absolute atomic E-state index is 0.0618. The molecule has 3 rings (SSSR count). The molecule has 238 valence electrons. The van der Waals surface area contributed by atoms with Crippen molar-refractivity contribution >= 4 is 28.1 Å². The smallest absolute Gasteiger partial charge is 0.270 e. The molecule has 1 amide bonds. The van der Waals surface area contributed by atoms with Gasteiger partial charge in [-0.3, -0.25) is 15.1 Å². The number of rotatable bonds is 3. The van der Waals surface area contributed by atoms with Gasteiger partial charge in [0.05, 0.1) is 6.54 Å². The standard InChI is InChI=1S/C17H17N3OS.C8H9F.2C3H8.C2H6.C2H2.CH5N/c1-4-12-9-14(10-18)17(21)20(16(12)19)11-13-7-5-6-8-15(13)22(2)3;1-6-3-4-7(2)8(9)5-6;2*1-3-2;3*1-2/h4-9,19H,2,11H2,1,3H3;3-5H,1-2H3;2*3H2,1-2H3;1-2H3;1-2H;2H2,1H3/b12-4-,19-16?;;;;;;. The van der Waals surface area contributed by atoms with Gasteiger partial charge >= 0.3 is 0 Å². The van der Waals surface area contributed by atoms with E-state index in [1.54, 1.807) is 26.0 Å². The number of carbonyl (C=O) groups is 1. The highest BCUT2D eigenvalue weighted by Gasteiger charge is 2.29. The van der Waals surface area contributed by atoms with Gasteiger partial charge in [-0.15, -0.1) is 12.8 Å². The third-order valence-electron chi connectivity index (χ3n) is 4.75. The lowest BCUT2D eigenvalue weighted by molar-refractivity contribution is -0.123. The lowest BCUT2D eigenvalue weighted by Crippen LogP contribution is -2.40. The highest BCUT2D eigenvalue weighted by atomic mass is 32.2. The van der Waals surface area contributed by atoms with E-state index >= 15 is 0 Å². The molecule has 0 aromatic heterocycles. The number of halogens is 1. The van der Waals surface area contributed by atoms with Gasteiger partial charge in [0.2, 0.25) is 0 Å². The zero-order valence-electron chi connectivity index (χ0n) is 28.3. The van der Waals surface area contributed by atoms with Crippen LogP contribution in [0.2, 0.25) is 0 Å². The number of nitrogens with one attached hydrogen (secondary N) is 1. The first-order valence-electron chi connectivity index (χ1n) is 14.4. The lowest BCUT2D eigenvalue weighted by Gasteiger charge is -2.28. The summed E-state index contributed by atoms with van der Waals surface area (Å²) in [6.45, 7) is 18.2. The number of nitrogens with two attached hydrogens (primary N) is 1. The molecule has 0 spiro atoms. The first-order valence-corrected chi connectivity index (χ1v) is 16.2. The second kappa shape index (κ2) is 29.7. The molecule has 1 aliphatic rings. The SMILES string of the molecule is C#C.C=S(C)c1ccccc1CN1C(=N)/C(=C\C)C=C(C#N)C1=O.CC.CCC.CCC.CN.Cc1ccc(C)c(F)c1. The third kappa shape index (κ3) is 18.4. The number of nitriles is 1. The van der Waals surface area contributed by atoms with Crippen molar-refractivity contribution in [2.24, 2.45) is 5.73 Å². The molecule has 1 unspecified atom stereocenters. The summed E-state index contributed by atoms with van der Waals surface area (Å²) in [7, 11) is 1.31. The molecule has 2 aromatic rings. The van der Waals surface area contributed by atoms with Crippen LogP contribution in [0.15, 0.2) is 70.7 Å². The van der Waals surface area contributed by atoms with Crippen molar-refractivity contribution in [1.82, 2.24) is 4.90 Å². The Kier molecular flexibility index (Phi) is 31.9. The molecule has 1 heterocycles. The van der Waals surface area contributed by atoms with E-state index in [0.717, 1.165) is 16.0 Å². The van der Waals surface area contributed by atoms with Crippen LogP contribution in [-0.2, 0) is 11.3 Å². The maximum absolute atomic E-state index is 12.6. The van der Waals surface area contributed by atoms with Gasteiger partial charge in [-0.1, -0.05) is 96.7 Å². The first kappa shape index (κ1) is 46.2. The second-order valence-corrected chi connectivity index (χ2v) is 10.3. The number of aryl methyl sites for hydroxylation is 2. The van der Waals surface area contributed by atoms with Gasteiger partial charge in [-0.25, -0.2) is 4.39 Å². The van der Waals surface area contributed by atoms with Crippen LogP contribution in [0.5, 0.6) is 0 Å². The van der Waals surface area contributed by atoms with Crippen molar-refractivity contribution in [2.75, 3.05) is 13.3 Å². The number of benzene rings is 2. The average molecular weight is 611 g/mol. The maximum atomic E-state index is 12.6. The van der Waals surface area contributed by atoms with Crippen molar-refractivity contribution in [1.29, 1.82) is 10.7 Å². The zero-order valence-corrected chi connectivity index (χ0v) is 29.2. The molecule has 5 nitrogen and oxygen atoms in total. The van der Waals surface area contributed by atoms with Crippen molar-refractivity contribution < 1.29 is 9.18 Å². The van der Waals surface area contributed by atoms with Gasteiger partial charge in [0.15, 0.2) is 0 Å². The Balaban J connectivity index is -0.000000299. The molecule has 0 bridgehead atoms. The summed E-state index contributed by atoms with van der Waals surface area (Å²) in [5, 5.41) is 17.3. The maximum Gasteiger partial charge on any atom is 0.270 e. The van der Waals surface area contributed by atoms with Gasteiger partial charge in [0.1, 0.15) is 23.3 Å². The first-order chi connectivity index (χ1) is 20.5. The predicted octanol–water partition coefficient (Wildman–Crippen LogP) is 9.22. The van der Waals surface area contributed by atoms with E-state index in [-0.39, 0.29) is 34.3 Å². The number of hydrogen-bond donors (Lipinski definition) is 2. The van der Waals surface area contributed by atoms with Crippen molar-refractivity contribution in [3.05, 3.63) is 88.3 Å². The quantitative estimate of drug-likeness (QED) is 0.268. The molecule has 1 atom stereocenters. The summed E-state index contributed by atoms with van der Waals surface area (Å²) in [6, 6.07) is 14.9. The predicted molar refractivity (Wildman–Crippen MR) is 190 cm³/mol. The second-order valence-electron chi connectivity index (χ2n) is 8.57. The fraction of sp³-hybridized carbons (Fsp3) is 0.389. The van der Waals surface area contributed by atoms with E-state index in [4.69, 9.17) is 10.7 Å². The van der Waals surface area contributed by atoms with Crippen LogP contribution in [0, 0.1) is 49.3 Å². The monoisotopic (exact) mass is 610 g/mol. The molecular formula is C36H55FN4OS. The van der Waals surface area contributed by atoms with Gasteiger partial charge in [-0.2, -0.15) is 15.7 Å². The molecule has 1 aliphatic heterocycles. The fourth-order valence-corrected chi connectivity index (χ4v) is 3.87. The number of amides is 1. The minimum Gasteiger partial charge on any atom is -0.333 e. The third-order valence-corrected chi connectivity index (χ3v) is 5.90. The highest BCUT2D eigenvalue weighted by molar-refractivity contribution is 8.13. The zero-order chi connectivity index (χ0) is 34.5. The lowest BCUT2D eigenvalue weighted by atomic mass is 10.0. The van der Waals surface area contributed by atoms with Crippen molar-refractivity contribution in [2.45, 2.75) is 86.6 Å². The Morgan fingerprint density at radius 2 is 1.56 bits per heavy atom. The summed E-state index contributed by atoms with van der Waals surface area (Å²) in [6.07, 6.45) is 15.7. The topological polar surface area (TPSA) is 94.0 Å². The Morgan fingerprint density at radius 1 is 1.07 bits per heavy atom. The van der Waals surface area contributed by atoms with Gasteiger partial charge < -0.3 is 5.73 Å². The molecule has 2 aromatic carbocycles. The van der Waals surface area contributed by atoms with E-state index in [0.29, 0.717) is 11.1 Å². The van der Waals surface area contributed by atoms with E-state index in [1.807, 2.05) is 63.4 Å². The molecule has 3 N–H and O–H groups in total. The van der Waals surface area contributed by atoms with Crippen molar-refractivity contribution in [3.8, 4) is 18.9 Å². The van der Waals surface area contributed by atoms with Crippen LogP contribution in [0.1, 0.15) is 78.0 Å². The summed E-state index contributed by atoms with van der Waals surface area (Å²) < 4.78 is 12.6. The van der Waals surface area contributed by atoms with Crippen molar-refractivity contribution in [3.63, 3.8) is 0 Å². The number of allylic oxidation sites excluding steroid dienone is 1. The van der Waals surface area contributed by atoms with Gasteiger partial charge in [0, 0.05) is 10.5 Å². The summed E-state index contributed by atoms with van der Waals surface area (Å²) in [5.41, 5.74) is 7.78. The van der Waals surface area contributed by atoms with Crippen LogP contribution >= 0.6 is 10.5 Å². The van der Waals surface area contributed by atoms with Gasteiger partial charge in [0.25, 0.3) is 5.91 Å². The van der Waals surface area contributed by atoms with Crippen LogP contribution in [-0.4, -0.2) is 35.8 Å². The molecule has 43 heavy (non-hydrogen) atoms. The molecule has 0 fully saturated rings. The highest BCUT2D eigenvalue weighted by Crippen LogP contribution is 2.28. The summed E-state index contributed by atoms with van der Waals surface area (Å²) >= 11 is 0. The molecular weight excluding hydrogens is 555 g/mol. The van der Waals surface area contributed by atoms with Crippen LogP contribution in [0.4, 0.5) is 4.39 Å². The van der Waals surface area contributed by atoms with Crippen LogP contribution in [0.25, 0.3) is 0 Å². The Hall–Kier alpha value is -3.78. The normalized spacial score (nSPS) is 12.5. The Labute approximate surface area is 265 Å². The molecule has 0 saturated heterocycles. The Bertz CT molecular complexity index is 1220. The number of nitrogens with zero attached hydrogens (tertiary/aromatic N) is 2.